The van der Waals surface area contributed by atoms with Gasteiger partial charge < -0.3 is 5.32 Å². The van der Waals surface area contributed by atoms with Crippen molar-refractivity contribution in [3.05, 3.63) is 59.2 Å². The number of rotatable bonds is 4. The minimum Gasteiger partial charge on any atom is -0.323 e. The van der Waals surface area contributed by atoms with E-state index in [1.807, 2.05) is 18.2 Å². The number of hydrogen-bond donors (Lipinski definition) is 1. The van der Waals surface area contributed by atoms with Crippen molar-refractivity contribution >= 4 is 46.6 Å². The molecule has 22 heavy (non-hydrogen) atoms. The molecule has 3 rings (SSSR count). The zero-order chi connectivity index (χ0) is 15.4. The fourth-order valence-corrected chi connectivity index (χ4v) is 2.80. The van der Waals surface area contributed by atoms with E-state index in [-0.39, 0.29) is 0 Å². The second kappa shape index (κ2) is 6.91. The lowest BCUT2D eigenvalue weighted by Crippen LogP contribution is -1.96. The molecule has 8 heteroatoms. The molecule has 0 unspecified atom stereocenters. The zero-order valence-electron chi connectivity index (χ0n) is 11.1. The van der Waals surface area contributed by atoms with Gasteiger partial charge in [0.25, 0.3) is 0 Å². The molecule has 0 atom stereocenters. The van der Waals surface area contributed by atoms with E-state index in [1.54, 1.807) is 24.7 Å². The predicted molar refractivity (Wildman–Crippen MR) is 87.9 cm³/mol. The molecule has 3 aromatic rings. The van der Waals surface area contributed by atoms with Crippen molar-refractivity contribution in [1.82, 2.24) is 19.9 Å². The zero-order valence-corrected chi connectivity index (χ0v) is 13.4. The molecule has 0 bridgehead atoms. The van der Waals surface area contributed by atoms with Crippen LogP contribution in [0.15, 0.2) is 59.0 Å². The van der Waals surface area contributed by atoms with Gasteiger partial charge in [0, 0.05) is 17.3 Å². The average Bonchev–Trinajstić information content (AvgIpc) is 2.54. The summed E-state index contributed by atoms with van der Waals surface area (Å²) in [5.74, 6) is 0.484. The van der Waals surface area contributed by atoms with Crippen molar-refractivity contribution in [2.45, 2.75) is 9.92 Å². The molecular formula is C14H9Cl2N5S. The van der Waals surface area contributed by atoms with Crippen LogP contribution >= 0.6 is 35.0 Å². The Morgan fingerprint density at radius 3 is 2.45 bits per heavy atom. The summed E-state index contributed by atoms with van der Waals surface area (Å²) >= 11 is 13.6. The van der Waals surface area contributed by atoms with Crippen molar-refractivity contribution in [3.63, 3.8) is 0 Å². The van der Waals surface area contributed by atoms with Crippen LogP contribution in [0.1, 0.15) is 0 Å². The van der Waals surface area contributed by atoms with Crippen LogP contribution in [0.4, 0.5) is 11.6 Å². The maximum atomic E-state index is 6.43. The average molecular weight is 350 g/mol. The van der Waals surface area contributed by atoms with Crippen LogP contribution in [-0.2, 0) is 0 Å². The number of hydrogen-bond acceptors (Lipinski definition) is 6. The normalized spacial score (nSPS) is 10.5. The molecule has 0 aliphatic carbocycles. The van der Waals surface area contributed by atoms with Crippen LogP contribution in [0, 0.1) is 0 Å². The van der Waals surface area contributed by atoms with Gasteiger partial charge in [-0.15, -0.1) is 0 Å². The third-order valence-corrected chi connectivity index (χ3v) is 4.28. The van der Waals surface area contributed by atoms with Crippen LogP contribution in [0.25, 0.3) is 0 Å². The SMILES string of the molecule is Clc1cnc(Sc2cccc(Nc3ncccn3)c2Cl)cn1. The Bertz CT molecular complexity index is 768. The summed E-state index contributed by atoms with van der Waals surface area (Å²) in [5.41, 5.74) is 0.722. The van der Waals surface area contributed by atoms with Gasteiger partial charge in [-0.25, -0.2) is 19.9 Å². The highest BCUT2D eigenvalue weighted by Crippen LogP contribution is 2.37. The highest BCUT2D eigenvalue weighted by atomic mass is 35.5. The Hall–Kier alpha value is -1.89. The molecule has 0 radical (unpaired) electrons. The third kappa shape index (κ3) is 3.65. The lowest BCUT2D eigenvalue weighted by molar-refractivity contribution is 1.05. The van der Waals surface area contributed by atoms with Gasteiger partial charge in [0.15, 0.2) is 0 Å². The molecular weight excluding hydrogens is 341 g/mol. The lowest BCUT2D eigenvalue weighted by atomic mass is 10.3. The quantitative estimate of drug-likeness (QED) is 0.749. The summed E-state index contributed by atoms with van der Waals surface area (Å²) in [5, 5.41) is 4.71. The van der Waals surface area contributed by atoms with Gasteiger partial charge >= 0.3 is 0 Å². The molecule has 0 saturated heterocycles. The number of aromatic nitrogens is 4. The smallest absolute Gasteiger partial charge is 0.227 e. The predicted octanol–water partition coefficient (Wildman–Crippen LogP) is 4.47. The summed E-state index contributed by atoms with van der Waals surface area (Å²) in [6.45, 7) is 0. The Labute approximate surface area is 141 Å². The topological polar surface area (TPSA) is 63.6 Å². The summed E-state index contributed by atoms with van der Waals surface area (Å²) in [6.07, 6.45) is 6.41. The van der Waals surface area contributed by atoms with E-state index in [1.165, 1.54) is 18.0 Å². The monoisotopic (exact) mass is 349 g/mol. The first-order chi connectivity index (χ1) is 10.7. The third-order valence-electron chi connectivity index (χ3n) is 2.59. The molecule has 0 spiro atoms. The van der Waals surface area contributed by atoms with Crippen LogP contribution < -0.4 is 5.32 Å². The molecule has 0 saturated carbocycles. The van der Waals surface area contributed by atoms with Gasteiger partial charge in [-0.05, 0) is 18.2 Å². The van der Waals surface area contributed by atoms with Crippen molar-refractivity contribution in [1.29, 1.82) is 0 Å². The maximum Gasteiger partial charge on any atom is 0.227 e. The van der Waals surface area contributed by atoms with Crippen LogP contribution in [0.5, 0.6) is 0 Å². The largest absolute Gasteiger partial charge is 0.323 e. The number of benzene rings is 1. The first-order valence-corrected chi connectivity index (χ1v) is 7.77. The molecule has 5 nitrogen and oxygen atoms in total. The molecule has 0 amide bonds. The summed E-state index contributed by atoms with van der Waals surface area (Å²) in [6, 6.07) is 7.40. The minimum absolute atomic E-state index is 0.354. The second-order valence-corrected chi connectivity index (χ2v) is 5.92. The van der Waals surface area contributed by atoms with E-state index in [4.69, 9.17) is 23.2 Å². The molecule has 2 heterocycles. The molecule has 0 fully saturated rings. The van der Waals surface area contributed by atoms with E-state index in [0.717, 1.165) is 10.6 Å². The van der Waals surface area contributed by atoms with Gasteiger partial charge in [0.1, 0.15) is 10.2 Å². The molecule has 1 aromatic carbocycles. The van der Waals surface area contributed by atoms with Gasteiger partial charge in [0.05, 0.1) is 23.1 Å². The van der Waals surface area contributed by atoms with Gasteiger partial charge in [-0.3, -0.25) is 0 Å². The second-order valence-electron chi connectivity index (χ2n) is 4.09. The standard InChI is InChI=1S/C14H9Cl2N5S/c15-11-7-20-12(8-19-11)22-10-4-1-3-9(13(10)16)21-14-17-5-2-6-18-14/h1-8H,(H,17,18,21). The molecule has 0 aliphatic rings. The molecule has 1 N–H and O–H groups in total. The Kier molecular flexibility index (Phi) is 4.72. The molecule has 2 aromatic heterocycles. The van der Waals surface area contributed by atoms with Crippen LogP contribution in [0.2, 0.25) is 10.2 Å². The fraction of sp³-hybridized carbons (Fsp3) is 0. The van der Waals surface area contributed by atoms with Crippen molar-refractivity contribution in [3.8, 4) is 0 Å². The van der Waals surface area contributed by atoms with E-state index in [2.05, 4.69) is 25.3 Å². The Balaban J connectivity index is 1.84. The van der Waals surface area contributed by atoms with Gasteiger partial charge in [-0.1, -0.05) is 41.0 Å². The number of nitrogens with zero attached hydrogens (tertiary/aromatic N) is 4. The highest BCUT2D eigenvalue weighted by molar-refractivity contribution is 7.99. The maximum absolute atomic E-state index is 6.43. The van der Waals surface area contributed by atoms with Crippen molar-refractivity contribution < 1.29 is 0 Å². The van der Waals surface area contributed by atoms with Gasteiger partial charge in [-0.2, -0.15) is 0 Å². The molecule has 110 valence electrons. The number of halogens is 2. The lowest BCUT2D eigenvalue weighted by Gasteiger charge is -2.10. The summed E-state index contributed by atoms with van der Waals surface area (Å²) < 4.78 is 0. The first-order valence-electron chi connectivity index (χ1n) is 6.20. The van der Waals surface area contributed by atoms with Crippen LogP contribution in [0.3, 0.4) is 0 Å². The minimum atomic E-state index is 0.354. The first kappa shape index (κ1) is 15.0. The summed E-state index contributed by atoms with van der Waals surface area (Å²) in [4.78, 5) is 17.3. The van der Waals surface area contributed by atoms with Crippen LogP contribution in [-0.4, -0.2) is 19.9 Å². The Morgan fingerprint density at radius 2 is 1.73 bits per heavy atom. The van der Waals surface area contributed by atoms with Crippen molar-refractivity contribution in [2.75, 3.05) is 5.32 Å². The van der Waals surface area contributed by atoms with E-state index < -0.39 is 0 Å². The Morgan fingerprint density at radius 1 is 0.909 bits per heavy atom. The number of anilines is 2. The van der Waals surface area contributed by atoms with E-state index in [0.29, 0.717) is 21.2 Å². The van der Waals surface area contributed by atoms with E-state index >= 15 is 0 Å². The molecule has 0 aliphatic heterocycles. The van der Waals surface area contributed by atoms with Crippen molar-refractivity contribution in [2.24, 2.45) is 0 Å². The summed E-state index contributed by atoms with van der Waals surface area (Å²) in [7, 11) is 0. The fourth-order valence-electron chi connectivity index (χ4n) is 1.64. The van der Waals surface area contributed by atoms with E-state index in [9.17, 15) is 0 Å². The number of nitrogens with one attached hydrogen (secondary N) is 1. The highest BCUT2D eigenvalue weighted by Gasteiger charge is 2.09. The van der Waals surface area contributed by atoms with Gasteiger partial charge in [0.2, 0.25) is 5.95 Å².